The molecule has 10 aromatic rings. The topological polar surface area (TPSA) is 3.24 Å². The van der Waals surface area contributed by atoms with Gasteiger partial charge in [-0.3, -0.25) is 0 Å². The number of nitrogens with zero attached hydrogens (tertiary/aromatic N) is 1. The van der Waals surface area contributed by atoms with Gasteiger partial charge in [0, 0.05) is 16.9 Å². The van der Waals surface area contributed by atoms with Crippen LogP contribution in [0, 0.1) is 0 Å². The van der Waals surface area contributed by atoms with Crippen LogP contribution in [0.4, 0.5) is 17.1 Å². The first-order valence-electron chi connectivity index (χ1n) is 19.6. The van der Waals surface area contributed by atoms with E-state index in [0.717, 1.165) is 22.6 Å². The van der Waals surface area contributed by atoms with Crippen LogP contribution in [0.5, 0.6) is 0 Å². The Morgan fingerprint density at radius 1 is 0.228 bits per heavy atom. The van der Waals surface area contributed by atoms with E-state index in [0.29, 0.717) is 0 Å². The highest BCUT2D eigenvalue weighted by Gasteiger charge is 2.21. The molecule has 0 spiro atoms. The Bertz CT molecular complexity index is 3010. The van der Waals surface area contributed by atoms with Crippen molar-refractivity contribution < 1.29 is 0 Å². The number of anilines is 3. The molecular formula is C56H39N. The van der Waals surface area contributed by atoms with Gasteiger partial charge in [-0.25, -0.2) is 0 Å². The van der Waals surface area contributed by atoms with E-state index in [4.69, 9.17) is 0 Å². The molecule has 0 heterocycles. The Kier molecular flexibility index (Phi) is 8.95. The number of hydrogen-bond donors (Lipinski definition) is 0. The Morgan fingerprint density at radius 3 is 1.51 bits per heavy atom. The molecule has 0 atom stereocenters. The molecule has 0 radical (unpaired) electrons. The Balaban J connectivity index is 1.15. The largest absolute Gasteiger partial charge is 0.310 e. The van der Waals surface area contributed by atoms with Gasteiger partial charge in [0.1, 0.15) is 0 Å². The van der Waals surface area contributed by atoms with E-state index in [1.54, 1.807) is 0 Å². The van der Waals surface area contributed by atoms with Crippen LogP contribution in [0.3, 0.4) is 0 Å². The summed E-state index contributed by atoms with van der Waals surface area (Å²) in [6.45, 7) is 0. The molecular weight excluding hydrogens is 687 g/mol. The molecule has 0 unspecified atom stereocenters. The first-order valence-corrected chi connectivity index (χ1v) is 19.6. The monoisotopic (exact) mass is 725 g/mol. The second kappa shape index (κ2) is 15.0. The maximum Gasteiger partial charge on any atom is 0.0540 e. The summed E-state index contributed by atoms with van der Waals surface area (Å²) in [5.74, 6) is 0. The van der Waals surface area contributed by atoms with Gasteiger partial charge in [0.2, 0.25) is 0 Å². The average Bonchev–Trinajstić information content (AvgIpc) is 3.29. The summed E-state index contributed by atoms with van der Waals surface area (Å²) in [4.78, 5) is 2.42. The molecule has 0 aliphatic rings. The third-order valence-electron chi connectivity index (χ3n) is 11.1. The second-order valence-corrected chi connectivity index (χ2v) is 14.5. The smallest absolute Gasteiger partial charge is 0.0540 e. The van der Waals surface area contributed by atoms with Gasteiger partial charge in [-0.05, 0) is 108 Å². The van der Waals surface area contributed by atoms with E-state index >= 15 is 0 Å². The van der Waals surface area contributed by atoms with Crippen molar-refractivity contribution in [1.29, 1.82) is 0 Å². The zero-order valence-corrected chi connectivity index (χ0v) is 31.5. The minimum absolute atomic E-state index is 1.09. The van der Waals surface area contributed by atoms with Gasteiger partial charge in [0.25, 0.3) is 0 Å². The Hall–Kier alpha value is -7.48. The van der Waals surface area contributed by atoms with E-state index in [1.807, 2.05) is 0 Å². The number of benzene rings is 10. The summed E-state index contributed by atoms with van der Waals surface area (Å²) in [5, 5.41) is 4.98. The van der Waals surface area contributed by atoms with E-state index in [9.17, 15) is 0 Å². The van der Waals surface area contributed by atoms with Crippen molar-refractivity contribution >= 4 is 38.6 Å². The van der Waals surface area contributed by atoms with E-state index in [1.165, 1.54) is 71.6 Å². The maximum absolute atomic E-state index is 2.42. The van der Waals surface area contributed by atoms with E-state index in [2.05, 4.69) is 241 Å². The summed E-state index contributed by atoms with van der Waals surface area (Å²) < 4.78 is 0. The van der Waals surface area contributed by atoms with Crippen LogP contribution in [-0.4, -0.2) is 0 Å². The van der Waals surface area contributed by atoms with Gasteiger partial charge in [-0.2, -0.15) is 0 Å². The maximum atomic E-state index is 2.42. The quantitative estimate of drug-likeness (QED) is 0.151. The van der Waals surface area contributed by atoms with Gasteiger partial charge >= 0.3 is 0 Å². The Labute approximate surface area is 334 Å². The summed E-state index contributed by atoms with van der Waals surface area (Å²) in [6.07, 6.45) is 0. The average molecular weight is 726 g/mol. The fourth-order valence-corrected chi connectivity index (χ4v) is 8.32. The minimum atomic E-state index is 1.09. The predicted molar refractivity (Wildman–Crippen MR) is 243 cm³/mol. The van der Waals surface area contributed by atoms with Crippen LogP contribution < -0.4 is 4.90 Å². The molecule has 0 fully saturated rings. The van der Waals surface area contributed by atoms with Crippen LogP contribution in [-0.2, 0) is 0 Å². The molecule has 1 nitrogen and oxygen atoms in total. The van der Waals surface area contributed by atoms with Crippen molar-refractivity contribution in [3.63, 3.8) is 0 Å². The van der Waals surface area contributed by atoms with Crippen LogP contribution in [0.1, 0.15) is 0 Å². The highest BCUT2D eigenvalue weighted by Crippen LogP contribution is 2.46. The molecule has 0 N–H and O–H groups in total. The van der Waals surface area contributed by atoms with Gasteiger partial charge in [-0.15, -0.1) is 0 Å². The SMILES string of the molecule is c1ccc(-c2ccccc2-c2ccccc2-c2ccccc2N(c2ccc(-c3cccc4ccccc34)cc2)c2cccc(-c3ccc4ccccc4c3)c2)cc1. The lowest BCUT2D eigenvalue weighted by atomic mass is 9.88. The summed E-state index contributed by atoms with van der Waals surface area (Å²) >= 11 is 0. The molecule has 268 valence electrons. The molecule has 57 heavy (non-hydrogen) atoms. The Morgan fingerprint density at radius 2 is 0.719 bits per heavy atom. The van der Waals surface area contributed by atoms with Crippen molar-refractivity contribution in [2.45, 2.75) is 0 Å². The van der Waals surface area contributed by atoms with Crippen molar-refractivity contribution in [2.24, 2.45) is 0 Å². The highest BCUT2D eigenvalue weighted by molar-refractivity contribution is 5.99. The van der Waals surface area contributed by atoms with Crippen molar-refractivity contribution in [3.05, 3.63) is 237 Å². The first kappa shape index (κ1) is 34.0. The van der Waals surface area contributed by atoms with Gasteiger partial charge in [0.15, 0.2) is 0 Å². The zero-order valence-electron chi connectivity index (χ0n) is 31.5. The normalized spacial score (nSPS) is 11.2. The van der Waals surface area contributed by atoms with Crippen LogP contribution >= 0.6 is 0 Å². The highest BCUT2D eigenvalue weighted by atomic mass is 15.1. The first-order chi connectivity index (χ1) is 28.3. The van der Waals surface area contributed by atoms with Crippen molar-refractivity contribution in [3.8, 4) is 55.6 Å². The van der Waals surface area contributed by atoms with Crippen LogP contribution in [0.15, 0.2) is 237 Å². The molecule has 0 aliphatic carbocycles. The standard InChI is InChI=1S/C56H39N/c1-2-17-41(18-3-1)51-25-8-9-26-52(51)53-27-10-11-28-54(53)55-29-12-13-31-56(55)57(47-36-34-43(35-37-47)50-30-15-21-42-19-6-7-24-49(42)50)48-23-14-22-45(39-48)46-33-32-40-16-4-5-20-44(40)38-46/h1-39H. The molecule has 0 amide bonds. The molecule has 10 rings (SSSR count). The molecule has 1 heteroatoms. The number of rotatable bonds is 8. The lowest BCUT2D eigenvalue weighted by Crippen LogP contribution is -2.11. The molecule has 0 aromatic heterocycles. The molecule has 10 aromatic carbocycles. The molecule has 0 bridgehead atoms. The third kappa shape index (κ3) is 6.56. The van der Waals surface area contributed by atoms with Gasteiger partial charge in [0.05, 0.1) is 5.69 Å². The second-order valence-electron chi connectivity index (χ2n) is 14.5. The summed E-state index contributed by atoms with van der Waals surface area (Å²) in [6, 6.07) is 85.7. The number of para-hydroxylation sites is 1. The summed E-state index contributed by atoms with van der Waals surface area (Å²) in [5.41, 5.74) is 15.2. The third-order valence-corrected chi connectivity index (χ3v) is 11.1. The minimum Gasteiger partial charge on any atom is -0.310 e. The van der Waals surface area contributed by atoms with Crippen molar-refractivity contribution in [2.75, 3.05) is 4.90 Å². The van der Waals surface area contributed by atoms with Crippen molar-refractivity contribution in [1.82, 2.24) is 0 Å². The lowest BCUT2D eigenvalue weighted by Gasteiger charge is -2.29. The van der Waals surface area contributed by atoms with E-state index < -0.39 is 0 Å². The van der Waals surface area contributed by atoms with Gasteiger partial charge in [-0.1, -0.05) is 200 Å². The van der Waals surface area contributed by atoms with Gasteiger partial charge < -0.3 is 4.90 Å². The fraction of sp³-hybridized carbons (Fsp3) is 0. The molecule has 0 aliphatic heterocycles. The van der Waals surface area contributed by atoms with Crippen LogP contribution in [0.2, 0.25) is 0 Å². The molecule has 0 saturated carbocycles. The lowest BCUT2D eigenvalue weighted by molar-refractivity contribution is 1.28. The van der Waals surface area contributed by atoms with Crippen LogP contribution in [0.25, 0.3) is 77.2 Å². The predicted octanol–water partition coefficient (Wildman–Crippen LogP) is 15.8. The summed E-state index contributed by atoms with van der Waals surface area (Å²) in [7, 11) is 0. The fourth-order valence-electron chi connectivity index (χ4n) is 8.32. The molecule has 0 saturated heterocycles. The number of hydrogen-bond acceptors (Lipinski definition) is 1. The zero-order chi connectivity index (χ0) is 38.0. The van der Waals surface area contributed by atoms with E-state index in [-0.39, 0.29) is 0 Å². The number of fused-ring (bicyclic) bond motifs is 2.